The van der Waals surface area contributed by atoms with E-state index in [1.807, 2.05) is 52.1 Å². The summed E-state index contributed by atoms with van der Waals surface area (Å²) in [4.78, 5) is 13.9. The molecule has 0 bridgehead atoms. The van der Waals surface area contributed by atoms with Gasteiger partial charge in [-0.3, -0.25) is 4.90 Å². The van der Waals surface area contributed by atoms with Crippen LogP contribution in [0.5, 0.6) is 0 Å². The van der Waals surface area contributed by atoms with Gasteiger partial charge in [0.15, 0.2) is 0 Å². The van der Waals surface area contributed by atoms with E-state index >= 15 is 0 Å². The Hall–Kier alpha value is -1.30. The monoisotopic (exact) mass is 341 g/mol. The first-order valence-corrected chi connectivity index (χ1v) is 8.16. The minimum absolute atomic E-state index is 0.00759. The molecular weight excluding hydrogens is 314 g/mol. The highest BCUT2D eigenvalue weighted by atomic mass is 35.5. The van der Waals surface area contributed by atoms with Gasteiger partial charge in [-0.05, 0) is 52.4 Å². The number of carbonyl (C=O) groups excluding carboxylic acids is 1. The second-order valence-electron chi connectivity index (χ2n) is 6.67. The van der Waals surface area contributed by atoms with Crippen LogP contribution in [0.15, 0.2) is 24.3 Å². The lowest BCUT2D eigenvalue weighted by atomic mass is 10.1. The summed E-state index contributed by atoms with van der Waals surface area (Å²) in [5, 5.41) is 3.50. The number of nitrogens with zero attached hydrogens (tertiary/aromatic N) is 1. The van der Waals surface area contributed by atoms with Gasteiger partial charge >= 0.3 is 6.09 Å². The van der Waals surface area contributed by atoms with Crippen molar-refractivity contribution in [3.05, 3.63) is 34.9 Å². The number of nitrogens with one attached hydrogen (secondary N) is 1. The lowest BCUT2D eigenvalue weighted by molar-refractivity contribution is 0.0506. The number of carbonyl (C=O) groups is 1. The molecule has 0 saturated carbocycles. The maximum Gasteiger partial charge on any atom is 0.407 e. The topological polar surface area (TPSA) is 67.6 Å². The van der Waals surface area contributed by atoms with Crippen LogP contribution >= 0.6 is 11.6 Å². The lowest BCUT2D eigenvalue weighted by Crippen LogP contribution is -2.48. The van der Waals surface area contributed by atoms with E-state index in [2.05, 4.69) is 17.1 Å². The Morgan fingerprint density at radius 1 is 1.35 bits per heavy atom. The molecule has 0 aromatic heterocycles. The van der Waals surface area contributed by atoms with Gasteiger partial charge in [0.1, 0.15) is 5.60 Å². The number of halogens is 1. The van der Waals surface area contributed by atoms with Crippen molar-refractivity contribution >= 4 is 17.7 Å². The Morgan fingerprint density at radius 3 is 2.39 bits per heavy atom. The molecular formula is C17H28ClN3O2. The van der Waals surface area contributed by atoms with E-state index in [1.54, 1.807) is 0 Å². The Morgan fingerprint density at radius 2 is 1.91 bits per heavy atom. The van der Waals surface area contributed by atoms with Crippen molar-refractivity contribution in [2.75, 3.05) is 20.1 Å². The molecule has 2 atom stereocenters. The van der Waals surface area contributed by atoms with Crippen LogP contribution < -0.4 is 11.1 Å². The molecule has 0 spiro atoms. The molecule has 2 unspecified atom stereocenters. The molecule has 0 fully saturated rings. The third-order valence-corrected chi connectivity index (χ3v) is 3.94. The van der Waals surface area contributed by atoms with E-state index in [0.717, 1.165) is 5.56 Å². The predicted molar refractivity (Wildman–Crippen MR) is 94.7 cm³/mol. The van der Waals surface area contributed by atoms with Gasteiger partial charge in [0.25, 0.3) is 0 Å². The van der Waals surface area contributed by atoms with E-state index in [4.69, 9.17) is 22.1 Å². The Balaban J connectivity index is 2.62. The molecule has 1 aromatic rings. The molecule has 130 valence electrons. The van der Waals surface area contributed by atoms with Crippen LogP contribution in [0.2, 0.25) is 5.02 Å². The van der Waals surface area contributed by atoms with E-state index in [0.29, 0.717) is 18.1 Å². The molecule has 23 heavy (non-hydrogen) atoms. The van der Waals surface area contributed by atoms with Crippen molar-refractivity contribution in [2.24, 2.45) is 5.73 Å². The van der Waals surface area contributed by atoms with Gasteiger partial charge in [-0.1, -0.05) is 23.7 Å². The molecule has 0 aliphatic heterocycles. The summed E-state index contributed by atoms with van der Waals surface area (Å²) in [5.41, 5.74) is 6.51. The standard InChI is InChI=1S/C17H28ClN3O2/c1-12(13-6-8-14(18)9-7-13)21(5)15(10-19)11-20-16(22)23-17(2,3)4/h6-9,12,15H,10-11,19H2,1-5H3,(H,20,22). The van der Waals surface area contributed by atoms with Crippen molar-refractivity contribution in [1.29, 1.82) is 0 Å². The van der Waals surface area contributed by atoms with Crippen LogP contribution in [-0.2, 0) is 4.74 Å². The Labute approximate surface area is 144 Å². The first-order chi connectivity index (χ1) is 10.6. The van der Waals surface area contributed by atoms with Crippen molar-refractivity contribution < 1.29 is 9.53 Å². The van der Waals surface area contributed by atoms with Gasteiger partial charge < -0.3 is 15.8 Å². The molecule has 0 heterocycles. The zero-order chi connectivity index (χ0) is 17.6. The zero-order valence-electron chi connectivity index (χ0n) is 14.6. The zero-order valence-corrected chi connectivity index (χ0v) is 15.4. The summed E-state index contributed by atoms with van der Waals surface area (Å²) in [6.07, 6.45) is -0.427. The van der Waals surface area contributed by atoms with Gasteiger partial charge in [0, 0.05) is 30.2 Å². The molecule has 0 radical (unpaired) electrons. The molecule has 6 heteroatoms. The summed E-state index contributed by atoms with van der Waals surface area (Å²) in [6, 6.07) is 7.90. The van der Waals surface area contributed by atoms with Crippen molar-refractivity contribution in [3.63, 3.8) is 0 Å². The Kier molecular flexibility index (Phi) is 7.32. The third kappa shape index (κ3) is 6.77. The van der Waals surface area contributed by atoms with Gasteiger partial charge in [-0.2, -0.15) is 0 Å². The quantitative estimate of drug-likeness (QED) is 0.833. The lowest BCUT2D eigenvalue weighted by Gasteiger charge is -2.33. The fraction of sp³-hybridized carbons (Fsp3) is 0.588. The van der Waals surface area contributed by atoms with Crippen LogP contribution in [0.1, 0.15) is 39.3 Å². The number of hydrogen-bond donors (Lipinski definition) is 2. The number of amides is 1. The summed E-state index contributed by atoms with van der Waals surface area (Å²) in [5.74, 6) is 0. The van der Waals surface area contributed by atoms with Gasteiger partial charge in [-0.15, -0.1) is 0 Å². The van der Waals surface area contributed by atoms with Crippen LogP contribution in [0, 0.1) is 0 Å². The van der Waals surface area contributed by atoms with Gasteiger partial charge in [0.2, 0.25) is 0 Å². The summed E-state index contributed by atoms with van der Waals surface area (Å²) in [7, 11) is 1.99. The highest BCUT2D eigenvalue weighted by Crippen LogP contribution is 2.22. The maximum absolute atomic E-state index is 11.8. The van der Waals surface area contributed by atoms with Crippen LogP contribution in [0.3, 0.4) is 0 Å². The fourth-order valence-electron chi connectivity index (χ4n) is 2.20. The molecule has 3 N–H and O–H groups in total. The second kappa shape index (κ2) is 8.52. The SMILES string of the molecule is CC(c1ccc(Cl)cc1)N(C)C(CN)CNC(=O)OC(C)(C)C. The van der Waals surface area contributed by atoms with E-state index < -0.39 is 11.7 Å². The molecule has 0 saturated heterocycles. The minimum Gasteiger partial charge on any atom is -0.444 e. The molecule has 0 aliphatic rings. The average molecular weight is 342 g/mol. The first kappa shape index (κ1) is 19.7. The number of ether oxygens (including phenoxy) is 1. The van der Waals surface area contributed by atoms with Crippen LogP contribution in [0.25, 0.3) is 0 Å². The van der Waals surface area contributed by atoms with E-state index in [9.17, 15) is 4.79 Å². The van der Waals surface area contributed by atoms with Gasteiger partial charge in [0.05, 0.1) is 0 Å². The molecule has 0 aliphatic carbocycles. The van der Waals surface area contributed by atoms with E-state index in [1.165, 1.54) is 0 Å². The smallest absolute Gasteiger partial charge is 0.407 e. The summed E-state index contributed by atoms with van der Waals surface area (Å²) >= 11 is 5.93. The first-order valence-electron chi connectivity index (χ1n) is 7.78. The largest absolute Gasteiger partial charge is 0.444 e. The average Bonchev–Trinajstić information content (AvgIpc) is 2.45. The second-order valence-corrected chi connectivity index (χ2v) is 7.10. The summed E-state index contributed by atoms with van der Waals surface area (Å²) < 4.78 is 5.25. The summed E-state index contributed by atoms with van der Waals surface area (Å²) in [6.45, 7) is 8.47. The predicted octanol–water partition coefficient (Wildman–Crippen LogP) is 3.18. The van der Waals surface area contributed by atoms with Gasteiger partial charge in [-0.25, -0.2) is 4.79 Å². The number of nitrogens with two attached hydrogens (primary N) is 1. The number of hydrogen-bond acceptors (Lipinski definition) is 4. The van der Waals surface area contributed by atoms with Crippen molar-refractivity contribution in [1.82, 2.24) is 10.2 Å². The minimum atomic E-state index is -0.509. The highest BCUT2D eigenvalue weighted by molar-refractivity contribution is 6.30. The number of benzene rings is 1. The number of rotatable bonds is 6. The normalized spacial score (nSPS) is 14.4. The molecule has 1 amide bonds. The number of likely N-dealkylation sites (N-methyl/N-ethyl adjacent to an activating group) is 1. The fourth-order valence-corrected chi connectivity index (χ4v) is 2.33. The van der Waals surface area contributed by atoms with Crippen molar-refractivity contribution in [3.8, 4) is 0 Å². The molecule has 5 nitrogen and oxygen atoms in total. The third-order valence-electron chi connectivity index (χ3n) is 3.69. The maximum atomic E-state index is 11.8. The van der Waals surface area contributed by atoms with Crippen molar-refractivity contribution in [2.45, 2.75) is 45.4 Å². The Bertz CT molecular complexity index is 500. The molecule has 1 rings (SSSR count). The highest BCUT2D eigenvalue weighted by Gasteiger charge is 2.22. The van der Waals surface area contributed by atoms with Crippen LogP contribution in [0.4, 0.5) is 4.79 Å². The van der Waals surface area contributed by atoms with E-state index in [-0.39, 0.29) is 12.1 Å². The molecule has 1 aromatic carbocycles. The van der Waals surface area contributed by atoms with Crippen LogP contribution in [-0.4, -0.2) is 42.8 Å². The number of alkyl carbamates (subject to hydrolysis) is 1.